The van der Waals surface area contributed by atoms with E-state index in [1.165, 1.54) is 28.6 Å². The van der Waals surface area contributed by atoms with Gasteiger partial charge in [0.2, 0.25) is 0 Å². The van der Waals surface area contributed by atoms with Gasteiger partial charge in [-0.25, -0.2) is 4.98 Å². The van der Waals surface area contributed by atoms with Gasteiger partial charge in [-0.2, -0.15) is 0 Å². The van der Waals surface area contributed by atoms with E-state index in [-0.39, 0.29) is 12.0 Å². The molecule has 1 aliphatic rings. The van der Waals surface area contributed by atoms with Crippen LogP contribution in [0.4, 0.5) is 0 Å². The predicted molar refractivity (Wildman–Crippen MR) is 100 cm³/mol. The summed E-state index contributed by atoms with van der Waals surface area (Å²) in [6, 6.07) is 12.4. The van der Waals surface area contributed by atoms with Crippen LogP contribution < -0.4 is 5.32 Å². The molecular weight excluding hydrogens is 334 g/mol. The molecule has 0 aliphatic carbocycles. The normalized spacial score (nSPS) is 18.6. The summed E-state index contributed by atoms with van der Waals surface area (Å²) >= 11 is 6.22. The van der Waals surface area contributed by atoms with Crippen LogP contribution in [-0.4, -0.2) is 16.5 Å². The molecule has 0 fully saturated rings. The lowest BCUT2D eigenvalue weighted by molar-refractivity contribution is 0.436. The number of nitrogens with zero attached hydrogens (tertiary/aromatic N) is 1. The van der Waals surface area contributed by atoms with Gasteiger partial charge in [-0.1, -0.05) is 30.7 Å². The maximum atomic E-state index is 6.22. The van der Waals surface area contributed by atoms with Gasteiger partial charge in [0.05, 0.1) is 6.04 Å². The number of halogens is 1. The molecule has 0 saturated heterocycles. The smallest absolute Gasteiger partial charge is 0.181 e. The van der Waals surface area contributed by atoms with Crippen LogP contribution in [-0.2, 0) is 6.42 Å². The number of rotatable bonds is 2. The highest BCUT2D eigenvalue weighted by molar-refractivity contribution is 6.31. The molecule has 0 bridgehead atoms. The summed E-state index contributed by atoms with van der Waals surface area (Å²) in [6.07, 6.45) is 2.52. The molecule has 2 aromatic carbocycles. The molecule has 2 aromatic heterocycles. The first kappa shape index (κ1) is 15.0. The zero-order chi connectivity index (χ0) is 17.0. The Kier molecular flexibility index (Phi) is 3.37. The Morgan fingerprint density at radius 1 is 1.28 bits per heavy atom. The highest BCUT2D eigenvalue weighted by Gasteiger charge is 2.30. The largest absolute Gasteiger partial charge is 0.443 e. The van der Waals surface area contributed by atoms with Crippen LogP contribution in [0.25, 0.3) is 22.0 Å². The van der Waals surface area contributed by atoms with E-state index in [1.54, 1.807) is 0 Å². The minimum absolute atomic E-state index is 0.200. The van der Waals surface area contributed by atoms with Crippen LogP contribution >= 0.6 is 11.6 Å². The Hall–Kier alpha value is -2.30. The summed E-state index contributed by atoms with van der Waals surface area (Å²) in [5.74, 6) is 0.249. The number of oxazole rings is 1. The van der Waals surface area contributed by atoms with Gasteiger partial charge in [-0.05, 0) is 42.8 Å². The fraction of sp³-hybridized carbons (Fsp3) is 0.250. The Labute approximate surface area is 150 Å². The van der Waals surface area contributed by atoms with Crippen molar-refractivity contribution >= 4 is 33.6 Å². The van der Waals surface area contributed by atoms with Crippen LogP contribution in [0.2, 0.25) is 5.02 Å². The number of aromatic nitrogens is 2. The Bertz CT molecular complexity index is 1080. The molecule has 126 valence electrons. The minimum atomic E-state index is 0.200. The number of para-hydroxylation sites is 1. The van der Waals surface area contributed by atoms with Crippen molar-refractivity contribution in [1.82, 2.24) is 15.3 Å². The van der Waals surface area contributed by atoms with Gasteiger partial charge in [-0.3, -0.25) is 0 Å². The van der Waals surface area contributed by atoms with Crippen molar-refractivity contribution in [2.24, 2.45) is 0 Å². The minimum Gasteiger partial charge on any atom is -0.443 e. The maximum absolute atomic E-state index is 6.22. The Balaban J connectivity index is 1.64. The fourth-order valence-corrected chi connectivity index (χ4v) is 4.28. The lowest BCUT2D eigenvalue weighted by Crippen LogP contribution is -2.33. The van der Waals surface area contributed by atoms with Crippen LogP contribution in [0.3, 0.4) is 0 Å². The summed E-state index contributed by atoms with van der Waals surface area (Å²) in [5.41, 5.74) is 6.74. The van der Waals surface area contributed by atoms with Crippen molar-refractivity contribution < 1.29 is 4.42 Å². The second-order valence-corrected chi connectivity index (χ2v) is 7.16. The second-order valence-electron chi connectivity index (χ2n) is 6.73. The van der Waals surface area contributed by atoms with E-state index in [9.17, 15) is 0 Å². The predicted octanol–water partition coefficient (Wildman–Crippen LogP) is 4.95. The first-order chi connectivity index (χ1) is 12.2. The zero-order valence-corrected chi connectivity index (χ0v) is 14.6. The van der Waals surface area contributed by atoms with E-state index >= 15 is 0 Å². The third-order valence-electron chi connectivity index (χ3n) is 5.33. The number of nitrogens with one attached hydrogen (secondary N) is 2. The molecule has 5 rings (SSSR count). The third kappa shape index (κ3) is 2.29. The molecule has 0 amide bonds. The molecule has 2 unspecified atom stereocenters. The average Bonchev–Trinajstić information content (AvgIpc) is 3.24. The molecule has 0 radical (unpaired) electrons. The number of hydrogen-bond acceptors (Lipinski definition) is 3. The van der Waals surface area contributed by atoms with E-state index in [0.717, 1.165) is 34.6 Å². The Morgan fingerprint density at radius 2 is 2.20 bits per heavy atom. The van der Waals surface area contributed by atoms with Crippen molar-refractivity contribution in [2.45, 2.75) is 25.3 Å². The molecule has 0 saturated carbocycles. The van der Waals surface area contributed by atoms with Gasteiger partial charge >= 0.3 is 0 Å². The van der Waals surface area contributed by atoms with Crippen molar-refractivity contribution in [1.29, 1.82) is 0 Å². The van der Waals surface area contributed by atoms with Gasteiger partial charge in [0.25, 0.3) is 0 Å². The average molecular weight is 352 g/mol. The van der Waals surface area contributed by atoms with Crippen LogP contribution in [0.1, 0.15) is 35.7 Å². The summed E-state index contributed by atoms with van der Waals surface area (Å²) in [4.78, 5) is 7.90. The van der Waals surface area contributed by atoms with Crippen molar-refractivity contribution in [3.63, 3.8) is 0 Å². The lowest BCUT2D eigenvalue weighted by atomic mass is 9.86. The van der Waals surface area contributed by atoms with Gasteiger partial charge < -0.3 is 14.7 Å². The summed E-state index contributed by atoms with van der Waals surface area (Å²) in [5, 5.41) is 5.70. The monoisotopic (exact) mass is 351 g/mol. The zero-order valence-electron chi connectivity index (χ0n) is 13.8. The third-order valence-corrected chi connectivity index (χ3v) is 5.56. The molecule has 2 atom stereocenters. The molecule has 0 spiro atoms. The molecule has 2 N–H and O–H groups in total. The van der Waals surface area contributed by atoms with E-state index in [2.05, 4.69) is 40.4 Å². The van der Waals surface area contributed by atoms with Crippen LogP contribution in [0.15, 0.2) is 47.2 Å². The first-order valence-electron chi connectivity index (χ1n) is 8.58. The van der Waals surface area contributed by atoms with E-state index in [1.807, 2.05) is 18.2 Å². The van der Waals surface area contributed by atoms with E-state index in [0.29, 0.717) is 0 Å². The second kappa shape index (κ2) is 5.61. The molecule has 4 nitrogen and oxygen atoms in total. The Morgan fingerprint density at radius 3 is 3.12 bits per heavy atom. The van der Waals surface area contributed by atoms with Crippen molar-refractivity contribution in [3.8, 4) is 0 Å². The fourth-order valence-electron chi connectivity index (χ4n) is 4.10. The van der Waals surface area contributed by atoms with Gasteiger partial charge in [0.15, 0.2) is 12.0 Å². The maximum Gasteiger partial charge on any atom is 0.181 e. The standard InChI is InChI=1S/C20H18ClN3O/c1-11(13-3-2-4-17-20(13)25-10-23-17)18-19-14(7-8-22-18)15-9-12(21)5-6-16(15)24-19/h2-6,9-11,18,22,24H,7-8H2,1H3. The SMILES string of the molecule is CC(c1cccc2ncoc12)C1NCCc2c1[nH]c1ccc(Cl)cc21. The van der Waals surface area contributed by atoms with Gasteiger partial charge in [0.1, 0.15) is 5.52 Å². The highest BCUT2D eigenvalue weighted by Crippen LogP contribution is 2.39. The van der Waals surface area contributed by atoms with Crippen molar-refractivity contribution in [2.75, 3.05) is 6.54 Å². The van der Waals surface area contributed by atoms with Crippen LogP contribution in [0.5, 0.6) is 0 Å². The summed E-state index contributed by atoms with van der Waals surface area (Å²) in [6.45, 7) is 3.19. The quantitative estimate of drug-likeness (QED) is 0.537. The summed E-state index contributed by atoms with van der Waals surface area (Å²) < 4.78 is 5.66. The highest BCUT2D eigenvalue weighted by atomic mass is 35.5. The van der Waals surface area contributed by atoms with Crippen LogP contribution in [0, 0.1) is 0 Å². The molecular formula is C20H18ClN3O. The molecule has 1 aliphatic heterocycles. The topological polar surface area (TPSA) is 53.9 Å². The number of H-pyrrole nitrogens is 1. The summed E-state index contributed by atoms with van der Waals surface area (Å²) in [7, 11) is 0. The number of fused-ring (bicyclic) bond motifs is 4. The first-order valence-corrected chi connectivity index (χ1v) is 8.95. The number of aromatic amines is 1. The molecule has 4 aromatic rings. The number of hydrogen-bond donors (Lipinski definition) is 2. The van der Waals surface area contributed by atoms with E-state index < -0.39 is 0 Å². The molecule has 5 heteroatoms. The van der Waals surface area contributed by atoms with E-state index in [4.69, 9.17) is 16.0 Å². The lowest BCUT2D eigenvalue weighted by Gasteiger charge is -2.29. The number of benzene rings is 2. The van der Waals surface area contributed by atoms with Gasteiger partial charge in [0, 0.05) is 33.1 Å². The molecule has 3 heterocycles. The van der Waals surface area contributed by atoms with Gasteiger partial charge in [-0.15, -0.1) is 0 Å². The van der Waals surface area contributed by atoms with Crippen molar-refractivity contribution in [3.05, 3.63) is 64.6 Å². The molecule has 25 heavy (non-hydrogen) atoms.